The van der Waals surface area contributed by atoms with Crippen molar-refractivity contribution in [3.05, 3.63) is 35.4 Å². The molecule has 8 heteroatoms. The van der Waals surface area contributed by atoms with Crippen LogP contribution >= 0.6 is 12.4 Å². The molecule has 4 rings (SSSR count). The SMILES string of the molecule is CCc1ccc(C2CNCCN2C(=O)CCN2C(=O)NC3(CCCC3)C2=O)cc1.Cl. The molecule has 0 radical (unpaired) electrons. The lowest BCUT2D eigenvalue weighted by Crippen LogP contribution is -2.49. The van der Waals surface area contributed by atoms with E-state index < -0.39 is 5.54 Å². The summed E-state index contributed by atoms with van der Waals surface area (Å²) in [6.45, 7) is 4.36. The number of aryl methyl sites for hydroxylation is 1. The highest BCUT2D eigenvalue weighted by molar-refractivity contribution is 6.07. The summed E-state index contributed by atoms with van der Waals surface area (Å²) in [5.41, 5.74) is 1.68. The summed E-state index contributed by atoms with van der Waals surface area (Å²) in [4.78, 5) is 41.3. The van der Waals surface area contributed by atoms with Gasteiger partial charge in [0.15, 0.2) is 0 Å². The first kappa shape index (κ1) is 22.6. The van der Waals surface area contributed by atoms with Gasteiger partial charge in [-0.3, -0.25) is 14.5 Å². The zero-order chi connectivity index (χ0) is 20.4. The number of piperazine rings is 1. The van der Waals surface area contributed by atoms with Gasteiger partial charge in [-0.2, -0.15) is 0 Å². The first-order chi connectivity index (χ1) is 14.0. The smallest absolute Gasteiger partial charge is 0.325 e. The van der Waals surface area contributed by atoms with Gasteiger partial charge in [0, 0.05) is 32.6 Å². The van der Waals surface area contributed by atoms with Crippen LogP contribution in [0.1, 0.15) is 56.2 Å². The van der Waals surface area contributed by atoms with E-state index in [2.05, 4.69) is 41.8 Å². The average Bonchev–Trinajstić information content (AvgIpc) is 3.31. The van der Waals surface area contributed by atoms with Crippen LogP contribution in [0.15, 0.2) is 24.3 Å². The molecule has 1 aromatic carbocycles. The normalized spacial score (nSPS) is 22.9. The van der Waals surface area contributed by atoms with Crippen LogP contribution in [-0.2, 0) is 16.0 Å². The van der Waals surface area contributed by atoms with E-state index in [1.807, 2.05) is 4.90 Å². The molecule has 2 heterocycles. The second-order valence-corrected chi connectivity index (χ2v) is 8.33. The van der Waals surface area contributed by atoms with Crippen molar-refractivity contribution in [1.29, 1.82) is 0 Å². The molecular formula is C22H31ClN4O3. The van der Waals surface area contributed by atoms with Gasteiger partial charge in [0.1, 0.15) is 5.54 Å². The molecule has 3 fully saturated rings. The lowest BCUT2D eigenvalue weighted by molar-refractivity contribution is -0.136. The molecule has 3 aliphatic rings. The molecule has 164 valence electrons. The van der Waals surface area contributed by atoms with Crippen LogP contribution in [-0.4, -0.2) is 59.4 Å². The maximum atomic E-state index is 13.0. The van der Waals surface area contributed by atoms with Crippen LogP contribution in [0.4, 0.5) is 4.79 Å². The van der Waals surface area contributed by atoms with Gasteiger partial charge >= 0.3 is 6.03 Å². The number of carbonyl (C=O) groups excluding carboxylic acids is 3. The Hall–Kier alpha value is -2.12. The Balaban J connectivity index is 0.00000256. The van der Waals surface area contributed by atoms with Crippen LogP contribution in [0, 0.1) is 0 Å². The number of nitrogens with one attached hydrogen (secondary N) is 2. The molecular weight excluding hydrogens is 404 g/mol. The lowest BCUT2D eigenvalue weighted by Gasteiger charge is -2.37. The largest absolute Gasteiger partial charge is 0.333 e. The average molecular weight is 435 g/mol. The van der Waals surface area contributed by atoms with E-state index in [9.17, 15) is 14.4 Å². The Morgan fingerprint density at radius 1 is 1.17 bits per heavy atom. The first-order valence-corrected chi connectivity index (χ1v) is 10.8. The summed E-state index contributed by atoms with van der Waals surface area (Å²) < 4.78 is 0. The van der Waals surface area contributed by atoms with Crippen molar-refractivity contribution < 1.29 is 14.4 Å². The number of rotatable bonds is 5. The van der Waals surface area contributed by atoms with Gasteiger partial charge in [0.25, 0.3) is 5.91 Å². The Morgan fingerprint density at radius 3 is 2.53 bits per heavy atom. The fraction of sp³-hybridized carbons (Fsp3) is 0.591. The molecule has 1 atom stereocenters. The second kappa shape index (κ2) is 9.35. The summed E-state index contributed by atoms with van der Waals surface area (Å²) in [7, 11) is 0. The number of imide groups is 1. The van der Waals surface area contributed by atoms with Crippen molar-refractivity contribution >= 4 is 30.3 Å². The van der Waals surface area contributed by atoms with Gasteiger partial charge in [-0.15, -0.1) is 12.4 Å². The minimum Gasteiger partial charge on any atom is -0.333 e. The van der Waals surface area contributed by atoms with Gasteiger partial charge in [0.2, 0.25) is 5.91 Å². The van der Waals surface area contributed by atoms with Crippen molar-refractivity contribution in [3.8, 4) is 0 Å². The lowest BCUT2D eigenvalue weighted by atomic mass is 9.98. The van der Waals surface area contributed by atoms with Crippen LogP contribution in [0.25, 0.3) is 0 Å². The molecule has 1 aliphatic carbocycles. The molecule has 0 bridgehead atoms. The van der Waals surface area contributed by atoms with Gasteiger partial charge in [-0.25, -0.2) is 4.79 Å². The van der Waals surface area contributed by atoms with Crippen molar-refractivity contribution in [2.24, 2.45) is 0 Å². The van der Waals surface area contributed by atoms with Gasteiger partial charge in [-0.05, 0) is 30.4 Å². The summed E-state index contributed by atoms with van der Waals surface area (Å²) in [5.74, 6) is -0.163. The molecule has 30 heavy (non-hydrogen) atoms. The molecule has 1 saturated carbocycles. The second-order valence-electron chi connectivity index (χ2n) is 8.33. The highest BCUT2D eigenvalue weighted by Gasteiger charge is 2.52. The molecule has 4 amide bonds. The number of hydrogen-bond acceptors (Lipinski definition) is 4. The minimum atomic E-state index is -0.710. The van der Waals surface area contributed by atoms with E-state index in [1.165, 1.54) is 10.5 Å². The Labute approximate surface area is 184 Å². The summed E-state index contributed by atoms with van der Waals surface area (Å²) in [5, 5.41) is 6.25. The number of amides is 4. The van der Waals surface area contributed by atoms with E-state index in [0.29, 0.717) is 25.9 Å². The quantitative estimate of drug-likeness (QED) is 0.697. The van der Waals surface area contributed by atoms with Crippen molar-refractivity contribution in [3.63, 3.8) is 0 Å². The highest BCUT2D eigenvalue weighted by Crippen LogP contribution is 2.35. The van der Waals surface area contributed by atoms with E-state index in [-0.39, 0.29) is 49.3 Å². The predicted molar refractivity (Wildman–Crippen MR) is 116 cm³/mol. The number of benzene rings is 1. The summed E-state index contributed by atoms with van der Waals surface area (Å²) in [6.07, 6.45) is 4.47. The number of carbonyl (C=O) groups is 3. The molecule has 1 aromatic rings. The van der Waals surface area contributed by atoms with E-state index >= 15 is 0 Å². The third kappa shape index (κ3) is 4.18. The fourth-order valence-electron chi connectivity index (χ4n) is 4.82. The predicted octanol–water partition coefficient (Wildman–Crippen LogP) is 2.40. The van der Waals surface area contributed by atoms with Gasteiger partial charge < -0.3 is 15.5 Å². The fourth-order valence-corrected chi connectivity index (χ4v) is 4.82. The van der Waals surface area contributed by atoms with Gasteiger partial charge in [-0.1, -0.05) is 44.0 Å². The van der Waals surface area contributed by atoms with Crippen LogP contribution < -0.4 is 10.6 Å². The number of halogens is 1. The van der Waals surface area contributed by atoms with Crippen LogP contribution in [0.5, 0.6) is 0 Å². The third-order valence-corrected chi connectivity index (χ3v) is 6.59. The first-order valence-electron chi connectivity index (χ1n) is 10.8. The Bertz CT molecular complexity index is 792. The number of urea groups is 1. The molecule has 1 unspecified atom stereocenters. The third-order valence-electron chi connectivity index (χ3n) is 6.59. The Kier molecular flexibility index (Phi) is 7.03. The summed E-state index contributed by atoms with van der Waals surface area (Å²) in [6, 6.07) is 8.04. The zero-order valence-corrected chi connectivity index (χ0v) is 18.3. The van der Waals surface area contributed by atoms with Crippen LogP contribution in [0.3, 0.4) is 0 Å². The standard InChI is InChI=1S/C22H30N4O3.ClH/c1-2-16-5-7-17(8-6-16)18-15-23-12-14-25(18)19(27)9-13-26-20(28)22(24-21(26)29)10-3-4-11-22;/h5-8,18,23H,2-4,9-15H2,1H3,(H,24,29);1H. The number of nitrogens with zero attached hydrogens (tertiary/aromatic N) is 2. The van der Waals surface area contributed by atoms with Gasteiger partial charge in [0.05, 0.1) is 6.04 Å². The molecule has 2 N–H and O–H groups in total. The molecule has 0 aromatic heterocycles. The van der Waals surface area contributed by atoms with E-state index in [0.717, 1.165) is 31.4 Å². The topological polar surface area (TPSA) is 81.8 Å². The summed E-state index contributed by atoms with van der Waals surface area (Å²) >= 11 is 0. The zero-order valence-electron chi connectivity index (χ0n) is 17.5. The van der Waals surface area contributed by atoms with E-state index in [4.69, 9.17) is 0 Å². The number of hydrogen-bond donors (Lipinski definition) is 2. The maximum Gasteiger partial charge on any atom is 0.325 e. The molecule has 2 saturated heterocycles. The van der Waals surface area contributed by atoms with Crippen molar-refractivity contribution in [1.82, 2.24) is 20.4 Å². The molecule has 1 spiro atoms. The maximum absolute atomic E-state index is 13.0. The highest BCUT2D eigenvalue weighted by atomic mass is 35.5. The van der Waals surface area contributed by atoms with Crippen LogP contribution in [0.2, 0.25) is 0 Å². The molecule has 2 aliphatic heterocycles. The van der Waals surface area contributed by atoms with Crippen molar-refractivity contribution in [2.45, 2.75) is 57.0 Å². The minimum absolute atomic E-state index is 0. The van der Waals surface area contributed by atoms with Crippen molar-refractivity contribution in [2.75, 3.05) is 26.2 Å². The Morgan fingerprint density at radius 2 is 1.87 bits per heavy atom. The molecule has 7 nitrogen and oxygen atoms in total. The van der Waals surface area contributed by atoms with E-state index in [1.54, 1.807) is 0 Å². The monoisotopic (exact) mass is 434 g/mol.